The van der Waals surface area contributed by atoms with E-state index in [4.69, 9.17) is 17.4 Å². The van der Waals surface area contributed by atoms with Crippen LogP contribution in [0, 0.1) is 4.77 Å². The molecule has 0 aliphatic heterocycles. The van der Waals surface area contributed by atoms with Gasteiger partial charge in [0.25, 0.3) is 11.5 Å². The van der Waals surface area contributed by atoms with Crippen molar-refractivity contribution >= 4 is 39.1 Å². The Morgan fingerprint density at radius 1 is 1.20 bits per heavy atom. The number of nitrogens with two attached hydrogens (primary N) is 1. The highest BCUT2D eigenvalue weighted by Crippen LogP contribution is 2.12. The minimum atomic E-state index is -3.72. The summed E-state index contributed by atoms with van der Waals surface area (Å²) in [5.41, 5.74) is 1.61. The highest BCUT2D eigenvalue weighted by atomic mass is 32.2. The van der Waals surface area contributed by atoms with Crippen molar-refractivity contribution in [2.75, 3.05) is 6.54 Å². The van der Waals surface area contributed by atoms with E-state index in [0.717, 1.165) is 12.0 Å². The van der Waals surface area contributed by atoms with Gasteiger partial charge in [-0.25, -0.2) is 13.6 Å². The first-order valence-electron chi connectivity index (χ1n) is 9.37. The lowest BCUT2D eigenvalue weighted by Crippen LogP contribution is -2.26. The lowest BCUT2D eigenvalue weighted by molar-refractivity contribution is 0.0954. The number of nitrogens with zero attached hydrogens (tertiary/aromatic N) is 1. The van der Waals surface area contributed by atoms with E-state index in [9.17, 15) is 18.0 Å². The van der Waals surface area contributed by atoms with Crippen molar-refractivity contribution in [3.8, 4) is 0 Å². The molecule has 0 bridgehead atoms. The summed E-state index contributed by atoms with van der Waals surface area (Å²) >= 11 is 5.26. The van der Waals surface area contributed by atoms with Crippen LogP contribution in [0.15, 0.2) is 52.2 Å². The van der Waals surface area contributed by atoms with Crippen LogP contribution in [0.3, 0.4) is 0 Å². The van der Waals surface area contributed by atoms with Gasteiger partial charge < -0.3 is 10.3 Å². The van der Waals surface area contributed by atoms with E-state index in [1.807, 2.05) is 6.92 Å². The van der Waals surface area contributed by atoms with Crippen molar-refractivity contribution < 1.29 is 13.2 Å². The maximum absolute atomic E-state index is 12.6. The highest BCUT2D eigenvalue weighted by molar-refractivity contribution is 7.89. The summed E-state index contributed by atoms with van der Waals surface area (Å²) in [5, 5.41) is 8.37. The molecule has 0 aliphatic carbocycles. The number of hydrogen-bond donors (Lipinski definition) is 3. The van der Waals surface area contributed by atoms with E-state index in [-0.39, 0.29) is 16.4 Å². The predicted molar refractivity (Wildman–Crippen MR) is 118 cm³/mol. The number of rotatable bonds is 7. The molecule has 1 aromatic heterocycles. The quantitative estimate of drug-likeness (QED) is 0.479. The molecule has 0 saturated carbocycles. The van der Waals surface area contributed by atoms with Crippen LogP contribution in [0.25, 0.3) is 10.9 Å². The summed E-state index contributed by atoms with van der Waals surface area (Å²) in [6.45, 7) is 2.86. The number of H-pyrrole nitrogens is 1. The number of primary sulfonamides is 1. The zero-order chi connectivity index (χ0) is 21.9. The predicted octanol–water partition coefficient (Wildman–Crippen LogP) is 2.09. The van der Waals surface area contributed by atoms with Crippen molar-refractivity contribution in [3.63, 3.8) is 0 Å². The summed E-state index contributed by atoms with van der Waals surface area (Å²) in [6, 6.07) is 11.0. The van der Waals surface area contributed by atoms with Gasteiger partial charge in [-0.1, -0.05) is 19.1 Å². The van der Waals surface area contributed by atoms with Gasteiger partial charge in [0, 0.05) is 18.7 Å². The summed E-state index contributed by atoms with van der Waals surface area (Å²) in [4.78, 5) is 28.1. The van der Waals surface area contributed by atoms with Gasteiger partial charge in [-0.15, -0.1) is 0 Å². The Morgan fingerprint density at radius 3 is 2.53 bits per heavy atom. The number of amides is 1. The maximum Gasteiger partial charge on any atom is 0.262 e. The molecule has 0 radical (unpaired) electrons. The average molecular weight is 447 g/mol. The first-order chi connectivity index (χ1) is 14.2. The number of nitrogens with one attached hydrogen (secondary N) is 2. The van der Waals surface area contributed by atoms with Crippen LogP contribution < -0.4 is 16.0 Å². The van der Waals surface area contributed by atoms with E-state index in [0.29, 0.717) is 40.7 Å². The van der Waals surface area contributed by atoms with E-state index in [1.54, 1.807) is 30.3 Å². The lowest BCUT2D eigenvalue weighted by Gasteiger charge is -2.09. The second-order valence-electron chi connectivity index (χ2n) is 6.84. The minimum absolute atomic E-state index is 0.0433. The van der Waals surface area contributed by atoms with E-state index in [2.05, 4.69) is 10.3 Å². The molecule has 0 fully saturated rings. The van der Waals surface area contributed by atoms with Crippen LogP contribution in [0.2, 0.25) is 0 Å². The Hall–Kier alpha value is -2.82. The molecule has 0 atom stereocenters. The number of fused-ring (bicyclic) bond motifs is 1. The third-order valence-corrected chi connectivity index (χ3v) is 5.89. The number of aromatic nitrogens is 2. The second-order valence-corrected chi connectivity index (χ2v) is 8.79. The molecule has 1 amide bonds. The van der Waals surface area contributed by atoms with Gasteiger partial charge in [0.1, 0.15) is 0 Å². The van der Waals surface area contributed by atoms with Crippen molar-refractivity contribution in [3.05, 3.63) is 68.7 Å². The number of benzene rings is 2. The molecule has 4 N–H and O–H groups in total. The SMILES string of the molecule is CCCn1c(=S)[nH]c2cc(C(=O)NCCc3ccc(S(N)(=O)=O)cc3)ccc2c1=O. The summed E-state index contributed by atoms with van der Waals surface area (Å²) in [6.07, 6.45) is 1.31. The topological polar surface area (TPSA) is 127 Å². The standard InChI is InChI=1S/C20H22N4O4S2/c1-2-11-24-19(26)16-8-5-14(12-17(16)23-20(24)29)18(25)22-10-9-13-3-6-15(7-4-13)30(21,27)28/h3-8,12H,2,9-11H2,1H3,(H,22,25)(H,23,29)(H2,21,27,28). The number of carbonyl (C=O) groups excluding carboxylic acids is 1. The van der Waals surface area contributed by atoms with Crippen LogP contribution in [-0.2, 0) is 23.0 Å². The fourth-order valence-electron chi connectivity index (χ4n) is 3.09. The van der Waals surface area contributed by atoms with Crippen molar-refractivity contribution in [2.24, 2.45) is 5.14 Å². The highest BCUT2D eigenvalue weighted by Gasteiger charge is 2.11. The van der Waals surface area contributed by atoms with Crippen LogP contribution in [-0.4, -0.2) is 30.4 Å². The normalized spacial score (nSPS) is 11.5. The molecular formula is C20H22N4O4S2. The molecule has 0 unspecified atom stereocenters. The van der Waals surface area contributed by atoms with Crippen LogP contribution in [0.5, 0.6) is 0 Å². The van der Waals surface area contributed by atoms with Crippen molar-refractivity contribution in [1.29, 1.82) is 0 Å². The first-order valence-corrected chi connectivity index (χ1v) is 11.3. The molecule has 3 rings (SSSR count). The molecule has 3 aromatic rings. The van der Waals surface area contributed by atoms with Crippen molar-refractivity contribution in [2.45, 2.75) is 31.2 Å². The molecule has 0 spiro atoms. The smallest absolute Gasteiger partial charge is 0.262 e. The molecule has 30 heavy (non-hydrogen) atoms. The third-order valence-electron chi connectivity index (χ3n) is 4.64. The molecular weight excluding hydrogens is 424 g/mol. The fraction of sp³-hybridized carbons (Fsp3) is 0.250. The number of carbonyl (C=O) groups is 1. The minimum Gasteiger partial charge on any atom is -0.352 e. The molecule has 2 aromatic carbocycles. The van der Waals surface area contributed by atoms with Gasteiger partial charge in [0.15, 0.2) is 4.77 Å². The summed E-state index contributed by atoms with van der Waals surface area (Å²) in [7, 11) is -3.72. The van der Waals surface area contributed by atoms with E-state index in [1.165, 1.54) is 16.7 Å². The van der Waals surface area contributed by atoms with E-state index >= 15 is 0 Å². The second kappa shape index (κ2) is 8.90. The van der Waals surface area contributed by atoms with Crippen LogP contribution in [0.4, 0.5) is 0 Å². The summed E-state index contributed by atoms with van der Waals surface area (Å²) in [5.74, 6) is -0.282. The van der Waals surface area contributed by atoms with Gasteiger partial charge in [-0.3, -0.25) is 14.2 Å². The van der Waals surface area contributed by atoms with Crippen LogP contribution >= 0.6 is 12.2 Å². The Morgan fingerprint density at radius 2 is 1.90 bits per heavy atom. The first kappa shape index (κ1) is 21.9. The Kier molecular flexibility index (Phi) is 6.49. The monoisotopic (exact) mass is 446 g/mol. The van der Waals surface area contributed by atoms with Crippen LogP contribution in [0.1, 0.15) is 29.3 Å². The van der Waals surface area contributed by atoms with Gasteiger partial charge in [-0.05, 0) is 61.0 Å². The zero-order valence-corrected chi connectivity index (χ0v) is 18.0. The molecule has 8 nitrogen and oxygen atoms in total. The van der Waals surface area contributed by atoms with Crippen molar-refractivity contribution in [1.82, 2.24) is 14.9 Å². The average Bonchev–Trinajstić information content (AvgIpc) is 2.70. The zero-order valence-electron chi connectivity index (χ0n) is 16.3. The largest absolute Gasteiger partial charge is 0.352 e. The van der Waals surface area contributed by atoms with Gasteiger partial charge in [0.2, 0.25) is 10.0 Å². The molecule has 1 heterocycles. The number of sulfonamides is 1. The van der Waals surface area contributed by atoms with Gasteiger partial charge in [-0.2, -0.15) is 0 Å². The molecule has 0 aliphatic rings. The van der Waals surface area contributed by atoms with Gasteiger partial charge >= 0.3 is 0 Å². The Balaban J connectivity index is 1.70. The summed E-state index contributed by atoms with van der Waals surface area (Å²) < 4.78 is 24.4. The molecule has 158 valence electrons. The maximum atomic E-state index is 12.6. The number of hydrogen-bond acceptors (Lipinski definition) is 5. The molecule has 10 heteroatoms. The Labute approximate surface area is 178 Å². The lowest BCUT2D eigenvalue weighted by atomic mass is 10.1. The Bertz CT molecular complexity index is 1310. The number of aromatic amines is 1. The third kappa shape index (κ3) is 4.84. The molecule has 0 saturated heterocycles. The van der Waals surface area contributed by atoms with Gasteiger partial charge in [0.05, 0.1) is 15.8 Å². The van der Waals surface area contributed by atoms with E-state index < -0.39 is 10.0 Å². The fourth-order valence-corrected chi connectivity index (χ4v) is 3.89.